The molecular weight excluding hydrogens is 332 g/mol. The smallest absolute Gasteiger partial charge is 0.291 e. The van der Waals surface area contributed by atoms with Gasteiger partial charge in [-0.3, -0.25) is 9.59 Å². The second-order valence-electron chi connectivity index (χ2n) is 6.38. The van der Waals surface area contributed by atoms with Crippen molar-refractivity contribution in [1.82, 2.24) is 19.1 Å². The molecular formula is C19H20N4O3. The van der Waals surface area contributed by atoms with E-state index in [0.717, 1.165) is 24.2 Å². The summed E-state index contributed by atoms with van der Waals surface area (Å²) in [5.74, 6) is 0.672. The SMILES string of the molecule is COc1ccccc1[C@H]1CCCN1C(=O)Cn1ncn2cccc2c1=O. The van der Waals surface area contributed by atoms with Gasteiger partial charge in [0.1, 0.15) is 24.1 Å². The quantitative estimate of drug-likeness (QED) is 0.719. The summed E-state index contributed by atoms with van der Waals surface area (Å²) in [6.45, 7) is 0.607. The van der Waals surface area contributed by atoms with Crippen molar-refractivity contribution in [2.24, 2.45) is 0 Å². The van der Waals surface area contributed by atoms with E-state index in [1.165, 1.54) is 4.68 Å². The minimum atomic E-state index is -0.265. The van der Waals surface area contributed by atoms with Gasteiger partial charge in [0.15, 0.2) is 0 Å². The average molecular weight is 352 g/mol. The minimum absolute atomic E-state index is 0.0358. The van der Waals surface area contributed by atoms with Crippen LogP contribution in [-0.2, 0) is 11.3 Å². The molecule has 0 N–H and O–H groups in total. The number of aromatic nitrogens is 3. The van der Waals surface area contributed by atoms with Crippen molar-refractivity contribution >= 4 is 11.4 Å². The van der Waals surface area contributed by atoms with E-state index in [2.05, 4.69) is 5.10 Å². The summed E-state index contributed by atoms with van der Waals surface area (Å²) in [6, 6.07) is 11.2. The highest BCUT2D eigenvalue weighted by atomic mass is 16.5. The van der Waals surface area contributed by atoms with Crippen LogP contribution in [0.4, 0.5) is 0 Å². The van der Waals surface area contributed by atoms with Gasteiger partial charge in [-0.1, -0.05) is 18.2 Å². The number of carbonyl (C=O) groups excluding carboxylic acids is 1. The summed E-state index contributed by atoms with van der Waals surface area (Å²) in [6.07, 6.45) is 5.11. The monoisotopic (exact) mass is 352 g/mol. The first-order chi connectivity index (χ1) is 12.7. The van der Waals surface area contributed by atoms with E-state index < -0.39 is 0 Å². The zero-order chi connectivity index (χ0) is 18.1. The highest BCUT2D eigenvalue weighted by molar-refractivity contribution is 5.77. The highest BCUT2D eigenvalue weighted by Crippen LogP contribution is 2.36. The Labute approximate surface area is 150 Å². The number of carbonyl (C=O) groups is 1. The van der Waals surface area contributed by atoms with Gasteiger partial charge in [0.05, 0.1) is 13.2 Å². The molecule has 1 saturated heterocycles. The van der Waals surface area contributed by atoms with Crippen LogP contribution < -0.4 is 10.3 Å². The van der Waals surface area contributed by atoms with Crippen LogP contribution in [0.5, 0.6) is 5.75 Å². The summed E-state index contributed by atoms with van der Waals surface area (Å²) in [4.78, 5) is 27.2. The second-order valence-corrected chi connectivity index (χ2v) is 6.38. The zero-order valence-electron chi connectivity index (χ0n) is 14.5. The van der Waals surface area contributed by atoms with Gasteiger partial charge in [0, 0.05) is 18.3 Å². The van der Waals surface area contributed by atoms with Gasteiger partial charge < -0.3 is 14.0 Å². The lowest BCUT2D eigenvalue weighted by Gasteiger charge is -2.26. The van der Waals surface area contributed by atoms with Crippen LogP contribution in [0.3, 0.4) is 0 Å². The molecule has 134 valence electrons. The van der Waals surface area contributed by atoms with Crippen molar-refractivity contribution in [1.29, 1.82) is 0 Å². The number of likely N-dealkylation sites (tertiary alicyclic amines) is 1. The second kappa shape index (κ2) is 6.67. The molecule has 0 unspecified atom stereocenters. The summed E-state index contributed by atoms with van der Waals surface area (Å²) >= 11 is 0. The first-order valence-electron chi connectivity index (χ1n) is 8.64. The van der Waals surface area contributed by atoms with Crippen molar-refractivity contribution in [3.05, 3.63) is 64.8 Å². The van der Waals surface area contributed by atoms with Gasteiger partial charge in [0.2, 0.25) is 5.91 Å². The lowest BCUT2D eigenvalue weighted by molar-refractivity contribution is -0.133. The number of benzene rings is 1. The Morgan fingerprint density at radius 2 is 2.12 bits per heavy atom. The van der Waals surface area contributed by atoms with Crippen molar-refractivity contribution in [3.8, 4) is 5.75 Å². The fraction of sp³-hybridized carbons (Fsp3) is 0.316. The first kappa shape index (κ1) is 16.4. The summed E-state index contributed by atoms with van der Waals surface area (Å²) < 4.78 is 8.34. The van der Waals surface area contributed by atoms with Gasteiger partial charge >= 0.3 is 0 Å². The van der Waals surface area contributed by atoms with Crippen LogP contribution in [0.2, 0.25) is 0 Å². The molecule has 1 aliphatic heterocycles. The third-order valence-corrected chi connectivity index (χ3v) is 4.90. The maximum Gasteiger partial charge on any atom is 0.291 e. The standard InChI is InChI=1S/C19H20N4O3/c1-26-17-9-3-2-6-14(17)15-7-5-11-22(15)18(24)12-23-19(25)16-8-4-10-21(16)13-20-23/h2-4,6,8-10,13,15H,5,7,11-12H2,1H3/t15-/m1/s1. The number of para-hydroxylation sites is 1. The van der Waals surface area contributed by atoms with E-state index in [-0.39, 0.29) is 24.1 Å². The summed E-state index contributed by atoms with van der Waals surface area (Å²) in [5.41, 5.74) is 1.25. The Bertz CT molecular complexity index is 1010. The Balaban J connectivity index is 1.60. The van der Waals surface area contributed by atoms with E-state index in [0.29, 0.717) is 12.1 Å². The molecule has 2 aromatic heterocycles. The van der Waals surface area contributed by atoms with Crippen LogP contribution in [-0.4, -0.2) is 38.6 Å². The molecule has 1 atom stereocenters. The maximum atomic E-state index is 12.9. The minimum Gasteiger partial charge on any atom is -0.496 e. The Morgan fingerprint density at radius 3 is 2.96 bits per heavy atom. The molecule has 1 fully saturated rings. The van der Waals surface area contributed by atoms with E-state index >= 15 is 0 Å². The fourth-order valence-electron chi connectivity index (χ4n) is 3.64. The Hall–Kier alpha value is -3.09. The zero-order valence-corrected chi connectivity index (χ0v) is 14.5. The third kappa shape index (κ3) is 2.75. The number of rotatable bonds is 4. The van der Waals surface area contributed by atoms with Gasteiger partial charge in [-0.25, -0.2) is 4.68 Å². The third-order valence-electron chi connectivity index (χ3n) is 4.90. The van der Waals surface area contributed by atoms with E-state index in [1.807, 2.05) is 29.2 Å². The predicted molar refractivity (Wildman–Crippen MR) is 96.1 cm³/mol. The van der Waals surface area contributed by atoms with Crippen molar-refractivity contribution < 1.29 is 9.53 Å². The molecule has 4 rings (SSSR count). The molecule has 26 heavy (non-hydrogen) atoms. The normalized spacial score (nSPS) is 17.0. The molecule has 7 heteroatoms. The number of hydrogen-bond acceptors (Lipinski definition) is 4. The molecule has 0 aliphatic carbocycles. The number of amides is 1. The molecule has 0 bridgehead atoms. The van der Waals surface area contributed by atoms with E-state index in [1.54, 1.807) is 36.2 Å². The number of nitrogens with zero attached hydrogens (tertiary/aromatic N) is 4. The van der Waals surface area contributed by atoms with Gasteiger partial charge in [0.25, 0.3) is 5.56 Å². The molecule has 7 nitrogen and oxygen atoms in total. The largest absolute Gasteiger partial charge is 0.496 e. The Kier molecular flexibility index (Phi) is 4.20. The predicted octanol–water partition coefficient (Wildman–Crippen LogP) is 1.87. The number of hydrogen-bond donors (Lipinski definition) is 0. The Morgan fingerprint density at radius 1 is 1.27 bits per heavy atom. The lowest BCUT2D eigenvalue weighted by Crippen LogP contribution is -2.37. The molecule has 3 aromatic rings. The molecule has 1 aliphatic rings. The van der Waals surface area contributed by atoms with Gasteiger partial charge in [-0.2, -0.15) is 5.10 Å². The van der Waals surface area contributed by atoms with Crippen LogP contribution in [0.15, 0.2) is 53.7 Å². The molecule has 0 radical (unpaired) electrons. The van der Waals surface area contributed by atoms with E-state index in [9.17, 15) is 9.59 Å². The molecule has 0 saturated carbocycles. The fourth-order valence-corrected chi connectivity index (χ4v) is 3.64. The lowest BCUT2D eigenvalue weighted by atomic mass is 10.0. The highest BCUT2D eigenvalue weighted by Gasteiger charge is 2.32. The molecule has 3 heterocycles. The van der Waals surface area contributed by atoms with Crippen molar-refractivity contribution in [2.75, 3.05) is 13.7 Å². The molecule has 0 spiro atoms. The van der Waals surface area contributed by atoms with Crippen molar-refractivity contribution in [3.63, 3.8) is 0 Å². The van der Waals surface area contributed by atoms with E-state index in [4.69, 9.17) is 4.74 Å². The number of fused-ring (bicyclic) bond motifs is 1. The van der Waals surface area contributed by atoms with Crippen LogP contribution >= 0.6 is 0 Å². The average Bonchev–Trinajstić information content (AvgIpc) is 3.33. The first-order valence-corrected chi connectivity index (χ1v) is 8.64. The van der Waals surface area contributed by atoms with Crippen LogP contribution in [0, 0.1) is 0 Å². The molecule has 1 amide bonds. The maximum absolute atomic E-state index is 12.9. The molecule has 1 aromatic carbocycles. The van der Waals surface area contributed by atoms with Gasteiger partial charge in [-0.15, -0.1) is 0 Å². The summed E-state index contributed by atoms with van der Waals surface area (Å²) in [7, 11) is 1.64. The van der Waals surface area contributed by atoms with Crippen molar-refractivity contribution in [2.45, 2.75) is 25.4 Å². The summed E-state index contributed by atoms with van der Waals surface area (Å²) in [5, 5.41) is 4.12. The number of methoxy groups -OCH3 is 1. The number of ether oxygens (including phenoxy) is 1. The van der Waals surface area contributed by atoms with Crippen LogP contribution in [0.25, 0.3) is 5.52 Å². The van der Waals surface area contributed by atoms with Gasteiger partial charge in [-0.05, 0) is 31.0 Å². The van der Waals surface area contributed by atoms with Crippen LogP contribution in [0.1, 0.15) is 24.4 Å². The topological polar surface area (TPSA) is 68.8 Å².